The normalized spacial score (nSPS) is 20.6. The van der Waals surface area contributed by atoms with Crippen molar-refractivity contribution in [3.05, 3.63) is 29.8 Å². The van der Waals surface area contributed by atoms with Gasteiger partial charge in [0.2, 0.25) is 0 Å². The first kappa shape index (κ1) is 15.3. The lowest BCUT2D eigenvalue weighted by atomic mass is 10.0. The van der Waals surface area contributed by atoms with Crippen LogP contribution in [0.3, 0.4) is 0 Å². The van der Waals surface area contributed by atoms with Crippen LogP contribution in [0.5, 0.6) is 5.75 Å². The van der Waals surface area contributed by atoms with Crippen LogP contribution in [0.4, 0.5) is 0 Å². The highest BCUT2D eigenvalue weighted by Crippen LogP contribution is 2.16. The van der Waals surface area contributed by atoms with Crippen LogP contribution in [0.2, 0.25) is 0 Å². The van der Waals surface area contributed by atoms with Crippen molar-refractivity contribution in [2.75, 3.05) is 26.2 Å². The van der Waals surface area contributed by atoms with Gasteiger partial charge in [-0.15, -0.1) is 0 Å². The largest absolute Gasteiger partial charge is 0.494 e. The van der Waals surface area contributed by atoms with E-state index in [1.807, 2.05) is 24.3 Å². The summed E-state index contributed by atoms with van der Waals surface area (Å²) < 4.78 is 5.78. The molecule has 1 heterocycles. The number of nitrogens with zero attached hydrogens (tertiary/aromatic N) is 1. The standard InChI is InChI=1S/C17H28N2O/c1-15-4-2-10-19(12-9-15)11-3-13-20-17-7-5-16(14-18)6-8-17/h5-8,15H,2-4,9-14,18H2,1H3. The van der Waals surface area contributed by atoms with Gasteiger partial charge in [0.25, 0.3) is 0 Å². The first-order valence-electron chi connectivity index (χ1n) is 7.92. The number of likely N-dealkylation sites (tertiary alicyclic amines) is 1. The molecule has 3 nitrogen and oxygen atoms in total. The van der Waals surface area contributed by atoms with Gasteiger partial charge in [0.1, 0.15) is 5.75 Å². The lowest BCUT2D eigenvalue weighted by Gasteiger charge is -2.19. The fourth-order valence-corrected chi connectivity index (χ4v) is 2.75. The number of nitrogens with two attached hydrogens (primary N) is 1. The molecular formula is C17H28N2O. The fraction of sp³-hybridized carbons (Fsp3) is 0.647. The molecule has 1 aromatic rings. The highest BCUT2D eigenvalue weighted by atomic mass is 16.5. The highest BCUT2D eigenvalue weighted by molar-refractivity contribution is 5.26. The van der Waals surface area contributed by atoms with Crippen LogP contribution in [0.25, 0.3) is 0 Å². The van der Waals surface area contributed by atoms with Gasteiger partial charge in [-0.05, 0) is 62.4 Å². The monoisotopic (exact) mass is 276 g/mol. The van der Waals surface area contributed by atoms with Crippen molar-refractivity contribution in [1.29, 1.82) is 0 Å². The summed E-state index contributed by atoms with van der Waals surface area (Å²) in [6, 6.07) is 8.09. The molecule has 2 N–H and O–H groups in total. The quantitative estimate of drug-likeness (QED) is 0.812. The lowest BCUT2D eigenvalue weighted by Crippen LogP contribution is -2.27. The second kappa shape index (κ2) is 8.28. The maximum absolute atomic E-state index is 5.78. The molecule has 0 amide bonds. The van der Waals surface area contributed by atoms with Crippen LogP contribution in [0.1, 0.15) is 38.2 Å². The third-order valence-corrected chi connectivity index (χ3v) is 4.16. The topological polar surface area (TPSA) is 38.5 Å². The first-order chi connectivity index (χ1) is 9.78. The van der Waals surface area contributed by atoms with Crippen molar-refractivity contribution in [1.82, 2.24) is 4.90 Å². The van der Waals surface area contributed by atoms with Gasteiger partial charge in [0, 0.05) is 13.1 Å². The molecule has 1 aliphatic heterocycles. The zero-order valence-electron chi connectivity index (χ0n) is 12.7. The van der Waals surface area contributed by atoms with Gasteiger partial charge in [-0.25, -0.2) is 0 Å². The van der Waals surface area contributed by atoms with Crippen LogP contribution in [0, 0.1) is 5.92 Å². The molecule has 0 bridgehead atoms. The summed E-state index contributed by atoms with van der Waals surface area (Å²) in [6.07, 6.45) is 5.19. The summed E-state index contributed by atoms with van der Waals surface area (Å²) in [5.74, 6) is 1.85. The summed E-state index contributed by atoms with van der Waals surface area (Å²) in [5, 5.41) is 0. The smallest absolute Gasteiger partial charge is 0.119 e. The minimum Gasteiger partial charge on any atom is -0.494 e. The Bertz CT molecular complexity index is 377. The van der Waals surface area contributed by atoms with Gasteiger partial charge in [-0.3, -0.25) is 0 Å². The molecule has 1 saturated heterocycles. The number of benzene rings is 1. The van der Waals surface area contributed by atoms with Crippen LogP contribution in [-0.4, -0.2) is 31.1 Å². The van der Waals surface area contributed by atoms with Gasteiger partial charge in [0.15, 0.2) is 0 Å². The van der Waals surface area contributed by atoms with E-state index in [0.717, 1.165) is 36.8 Å². The Kier molecular flexibility index (Phi) is 6.34. The van der Waals surface area contributed by atoms with Crippen molar-refractivity contribution in [2.45, 2.75) is 39.2 Å². The molecule has 20 heavy (non-hydrogen) atoms. The summed E-state index contributed by atoms with van der Waals surface area (Å²) in [5.41, 5.74) is 6.73. The minimum absolute atomic E-state index is 0.591. The molecule has 0 aliphatic carbocycles. The van der Waals surface area contributed by atoms with E-state index in [9.17, 15) is 0 Å². The van der Waals surface area contributed by atoms with E-state index in [1.165, 1.54) is 32.4 Å². The summed E-state index contributed by atoms with van der Waals surface area (Å²) in [4.78, 5) is 2.59. The SMILES string of the molecule is CC1CCCN(CCCOc2ccc(CN)cc2)CC1. The molecular weight excluding hydrogens is 248 g/mol. The van der Waals surface area contributed by atoms with E-state index >= 15 is 0 Å². The first-order valence-corrected chi connectivity index (χ1v) is 7.92. The highest BCUT2D eigenvalue weighted by Gasteiger charge is 2.12. The molecule has 1 aromatic carbocycles. The van der Waals surface area contributed by atoms with Gasteiger partial charge in [-0.1, -0.05) is 19.1 Å². The summed E-state index contributed by atoms with van der Waals surface area (Å²) >= 11 is 0. The molecule has 3 heteroatoms. The average molecular weight is 276 g/mol. The van der Waals surface area contributed by atoms with E-state index in [2.05, 4.69) is 11.8 Å². The van der Waals surface area contributed by atoms with E-state index in [1.54, 1.807) is 0 Å². The Morgan fingerprint density at radius 3 is 2.75 bits per heavy atom. The second-order valence-electron chi connectivity index (χ2n) is 5.93. The number of hydrogen-bond acceptors (Lipinski definition) is 3. The average Bonchev–Trinajstić information content (AvgIpc) is 2.69. The molecule has 1 atom stereocenters. The number of ether oxygens (including phenoxy) is 1. The van der Waals surface area contributed by atoms with Crippen molar-refractivity contribution >= 4 is 0 Å². The van der Waals surface area contributed by atoms with Crippen molar-refractivity contribution in [3.63, 3.8) is 0 Å². The van der Waals surface area contributed by atoms with Gasteiger partial charge in [-0.2, -0.15) is 0 Å². The van der Waals surface area contributed by atoms with Crippen LogP contribution in [-0.2, 0) is 6.54 Å². The third kappa shape index (κ3) is 5.14. The van der Waals surface area contributed by atoms with E-state index < -0.39 is 0 Å². The van der Waals surface area contributed by atoms with Crippen molar-refractivity contribution in [2.24, 2.45) is 11.7 Å². The van der Waals surface area contributed by atoms with E-state index in [-0.39, 0.29) is 0 Å². The van der Waals surface area contributed by atoms with Crippen LogP contribution in [0.15, 0.2) is 24.3 Å². The fourth-order valence-electron chi connectivity index (χ4n) is 2.75. The van der Waals surface area contributed by atoms with E-state index in [4.69, 9.17) is 10.5 Å². The lowest BCUT2D eigenvalue weighted by molar-refractivity contribution is 0.238. The van der Waals surface area contributed by atoms with E-state index in [0.29, 0.717) is 6.54 Å². The predicted octanol–water partition coefficient (Wildman–Crippen LogP) is 3.04. The Morgan fingerprint density at radius 1 is 1.20 bits per heavy atom. The predicted molar refractivity (Wildman–Crippen MR) is 83.9 cm³/mol. The molecule has 1 fully saturated rings. The van der Waals surface area contributed by atoms with Crippen molar-refractivity contribution < 1.29 is 4.74 Å². The summed E-state index contributed by atoms with van der Waals surface area (Å²) in [6.45, 7) is 7.44. The zero-order chi connectivity index (χ0) is 14.2. The molecule has 1 aliphatic rings. The summed E-state index contributed by atoms with van der Waals surface area (Å²) in [7, 11) is 0. The Morgan fingerprint density at radius 2 is 2.00 bits per heavy atom. The minimum atomic E-state index is 0.591. The molecule has 0 radical (unpaired) electrons. The molecule has 2 rings (SSSR count). The third-order valence-electron chi connectivity index (χ3n) is 4.16. The zero-order valence-corrected chi connectivity index (χ0v) is 12.7. The number of hydrogen-bond donors (Lipinski definition) is 1. The maximum Gasteiger partial charge on any atom is 0.119 e. The Hall–Kier alpha value is -1.06. The molecule has 0 saturated carbocycles. The molecule has 1 unspecified atom stereocenters. The van der Waals surface area contributed by atoms with Gasteiger partial charge >= 0.3 is 0 Å². The van der Waals surface area contributed by atoms with Gasteiger partial charge in [0.05, 0.1) is 6.61 Å². The molecule has 0 aromatic heterocycles. The molecule has 0 spiro atoms. The molecule has 112 valence electrons. The number of rotatable bonds is 6. The Labute approximate surface area is 123 Å². The second-order valence-corrected chi connectivity index (χ2v) is 5.93. The van der Waals surface area contributed by atoms with Crippen molar-refractivity contribution in [3.8, 4) is 5.75 Å². The van der Waals surface area contributed by atoms with Crippen LogP contribution >= 0.6 is 0 Å². The van der Waals surface area contributed by atoms with Crippen LogP contribution < -0.4 is 10.5 Å². The Balaban J connectivity index is 1.63. The van der Waals surface area contributed by atoms with Gasteiger partial charge < -0.3 is 15.4 Å². The maximum atomic E-state index is 5.78.